The highest BCUT2D eigenvalue weighted by Gasteiger charge is 2.10. The SMILES string of the molecule is CN(Cc1ccc(Br)cc1)S(C)(=O)=O. The maximum atomic E-state index is 11.1. The molecule has 0 atom stereocenters. The first kappa shape index (κ1) is 11.7. The molecule has 3 nitrogen and oxygen atoms in total. The fraction of sp³-hybridized carbons (Fsp3) is 0.333. The van der Waals surface area contributed by atoms with Crippen LogP contribution in [0.5, 0.6) is 0 Å². The minimum Gasteiger partial charge on any atom is -0.213 e. The Morgan fingerprint density at radius 3 is 2.21 bits per heavy atom. The zero-order valence-electron chi connectivity index (χ0n) is 8.07. The van der Waals surface area contributed by atoms with E-state index in [1.807, 2.05) is 24.3 Å². The first-order valence-corrected chi connectivity index (χ1v) is 6.69. The van der Waals surface area contributed by atoms with Crippen molar-refractivity contribution >= 4 is 26.0 Å². The first-order valence-electron chi connectivity index (χ1n) is 4.05. The van der Waals surface area contributed by atoms with Gasteiger partial charge < -0.3 is 0 Å². The lowest BCUT2D eigenvalue weighted by Crippen LogP contribution is -2.24. The van der Waals surface area contributed by atoms with E-state index in [2.05, 4.69) is 15.9 Å². The highest BCUT2D eigenvalue weighted by molar-refractivity contribution is 9.10. The van der Waals surface area contributed by atoms with Gasteiger partial charge in [-0.3, -0.25) is 0 Å². The average molecular weight is 278 g/mol. The molecule has 0 unspecified atom stereocenters. The summed E-state index contributed by atoms with van der Waals surface area (Å²) in [7, 11) is -1.52. The minimum atomic E-state index is -3.09. The average Bonchev–Trinajstić information content (AvgIpc) is 2.07. The van der Waals surface area contributed by atoms with Crippen LogP contribution in [0, 0.1) is 0 Å². The van der Waals surface area contributed by atoms with Crippen molar-refractivity contribution in [3.05, 3.63) is 34.3 Å². The molecule has 0 saturated heterocycles. The third kappa shape index (κ3) is 3.40. The third-order valence-corrected chi connectivity index (χ3v) is 3.67. The van der Waals surface area contributed by atoms with Crippen molar-refractivity contribution in [2.75, 3.05) is 13.3 Å². The van der Waals surface area contributed by atoms with Gasteiger partial charge >= 0.3 is 0 Å². The second-order valence-corrected chi connectivity index (χ2v) is 6.15. The summed E-state index contributed by atoms with van der Waals surface area (Å²) in [5.74, 6) is 0. The molecule has 78 valence electrons. The third-order valence-electron chi connectivity index (χ3n) is 1.88. The number of hydrogen-bond acceptors (Lipinski definition) is 2. The van der Waals surface area contributed by atoms with Crippen molar-refractivity contribution in [2.45, 2.75) is 6.54 Å². The topological polar surface area (TPSA) is 37.4 Å². The van der Waals surface area contributed by atoms with E-state index in [1.54, 1.807) is 7.05 Å². The standard InChI is InChI=1S/C9H12BrNO2S/c1-11(14(2,12)13)7-8-3-5-9(10)6-4-8/h3-6H,7H2,1-2H3. The monoisotopic (exact) mass is 277 g/mol. The highest BCUT2D eigenvalue weighted by atomic mass is 79.9. The summed E-state index contributed by atoms with van der Waals surface area (Å²) >= 11 is 3.32. The lowest BCUT2D eigenvalue weighted by atomic mass is 10.2. The molecule has 0 heterocycles. The molecule has 0 amide bonds. The van der Waals surface area contributed by atoms with Crippen molar-refractivity contribution in [3.63, 3.8) is 0 Å². The van der Waals surface area contributed by atoms with Gasteiger partial charge in [0, 0.05) is 18.1 Å². The van der Waals surface area contributed by atoms with E-state index in [1.165, 1.54) is 10.6 Å². The number of hydrogen-bond donors (Lipinski definition) is 0. The van der Waals surface area contributed by atoms with Crippen LogP contribution >= 0.6 is 15.9 Å². The molecule has 0 N–H and O–H groups in total. The molecule has 0 aliphatic rings. The Kier molecular flexibility index (Phi) is 3.69. The molecule has 5 heteroatoms. The summed E-state index contributed by atoms with van der Waals surface area (Å²) < 4.78 is 24.5. The van der Waals surface area contributed by atoms with Crippen LogP contribution in [0.2, 0.25) is 0 Å². The Morgan fingerprint density at radius 2 is 1.79 bits per heavy atom. The Bertz CT molecular complexity index is 399. The van der Waals surface area contributed by atoms with Gasteiger partial charge in [0.25, 0.3) is 0 Å². The van der Waals surface area contributed by atoms with Gasteiger partial charge in [-0.25, -0.2) is 12.7 Å². The molecule has 0 saturated carbocycles. The van der Waals surface area contributed by atoms with Crippen LogP contribution < -0.4 is 0 Å². The van der Waals surface area contributed by atoms with Gasteiger partial charge in [0.15, 0.2) is 0 Å². The zero-order chi connectivity index (χ0) is 10.8. The molecule has 1 rings (SSSR count). The smallest absolute Gasteiger partial charge is 0.211 e. The van der Waals surface area contributed by atoms with Crippen LogP contribution in [0.4, 0.5) is 0 Å². The number of sulfonamides is 1. The van der Waals surface area contributed by atoms with E-state index < -0.39 is 10.0 Å². The summed E-state index contributed by atoms with van der Waals surface area (Å²) in [5, 5.41) is 0. The molecule has 0 bridgehead atoms. The van der Waals surface area contributed by atoms with Gasteiger partial charge in [-0.15, -0.1) is 0 Å². The van der Waals surface area contributed by atoms with Gasteiger partial charge in [0.2, 0.25) is 10.0 Å². The van der Waals surface area contributed by atoms with Crippen molar-refractivity contribution in [1.29, 1.82) is 0 Å². The molecular formula is C9H12BrNO2S. The first-order chi connectivity index (χ1) is 6.39. The van der Waals surface area contributed by atoms with Gasteiger partial charge in [0.1, 0.15) is 0 Å². The van der Waals surface area contributed by atoms with E-state index in [0.717, 1.165) is 10.0 Å². The van der Waals surface area contributed by atoms with E-state index in [-0.39, 0.29) is 0 Å². The Hall–Kier alpha value is -0.390. The predicted molar refractivity (Wildman–Crippen MR) is 60.5 cm³/mol. The van der Waals surface area contributed by atoms with Gasteiger partial charge in [-0.1, -0.05) is 28.1 Å². The quantitative estimate of drug-likeness (QED) is 0.846. The van der Waals surface area contributed by atoms with Crippen LogP contribution in [-0.2, 0) is 16.6 Å². The lowest BCUT2D eigenvalue weighted by Gasteiger charge is -2.13. The molecule has 14 heavy (non-hydrogen) atoms. The summed E-state index contributed by atoms with van der Waals surface area (Å²) in [4.78, 5) is 0. The highest BCUT2D eigenvalue weighted by Crippen LogP contribution is 2.12. The maximum absolute atomic E-state index is 11.1. The van der Waals surface area contributed by atoms with Crippen molar-refractivity contribution in [3.8, 4) is 0 Å². The molecular weight excluding hydrogens is 266 g/mol. The molecule has 0 fully saturated rings. The molecule has 0 aliphatic heterocycles. The molecule has 0 radical (unpaired) electrons. The van der Waals surface area contributed by atoms with E-state index in [0.29, 0.717) is 6.54 Å². The summed E-state index contributed by atoms with van der Waals surface area (Å²) in [6.45, 7) is 0.409. The fourth-order valence-electron chi connectivity index (χ4n) is 0.964. The summed E-state index contributed by atoms with van der Waals surface area (Å²) in [6, 6.07) is 7.58. The van der Waals surface area contributed by atoms with Crippen LogP contribution in [-0.4, -0.2) is 26.0 Å². The van der Waals surface area contributed by atoms with E-state index in [4.69, 9.17) is 0 Å². The number of benzene rings is 1. The Balaban J connectivity index is 2.75. The number of nitrogens with zero attached hydrogens (tertiary/aromatic N) is 1. The maximum Gasteiger partial charge on any atom is 0.211 e. The Labute approximate surface area is 92.9 Å². The number of halogens is 1. The van der Waals surface area contributed by atoms with Crippen LogP contribution in [0.3, 0.4) is 0 Å². The summed E-state index contributed by atoms with van der Waals surface area (Å²) in [6.07, 6.45) is 1.20. The van der Waals surface area contributed by atoms with E-state index in [9.17, 15) is 8.42 Å². The van der Waals surface area contributed by atoms with E-state index >= 15 is 0 Å². The zero-order valence-corrected chi connectivity index (χ0v) is 10.5. The van der Waals surface area contributed by atoms with Crippen molar-refractivity contribution in [2.24, 2.45) is 0 Å². The normalized spacial score (nSPS) is 12.0. The van der Waals surface area contributed by atoms with Gasteiger partial charge in [-0.05, 0) is 17.7 Å². The Morgan fingerprint density at radius 1 is 1.29 bits per heavy atom. The van der Waals surface area contributed by atoms with Gasteiger partial charge in [-0.2, -0.15) is 0 Å². The van der Waals surface area contributed by atoms with Gasteiger partial charge in [0.05, 0.1) is 6.26 Å². The molecule has 0 aromatic heterocycles. The predicted octanol–water partition coefficient (Wildman–Crippen LogP) is 1.84. The largest absolute Gasteiger partial charge is 0.213 e. The summed E-state index contributed by atoms with van der Waals surface area (Å²) in [5.41, 5.74) is 0.973. The molecule has 0 aliphatic carbocycles. The van der Waals surface area contributed by atoms with Crippen LogP contribution in [0.1, 0.15) is 5.56 Å². The fourth-order valence-corrected chi connectivity index (χ4v) is 1.61. The molecule has 0 spiro atoms. The number of rotatable bonds is 3. The van der Waals surface area contributed by atoms with Crippen LogP contribution in [0.15, 0.2) is 28.7 Å². The second kappa shape index (κ2) is 4.42. The van der Waals surface area contributed by atoms with Crippen molar-refractivity contribution in [1.82, 2.24) is 4.31 Å². The van der Waals surface area contributed by atoms with Crippen LogP contribution in [0.25, 0.3) is 0 Å². The molecule has 1 aromatic carbocycles. The molecule has 1 aromatic rings. The minimum absolute atomic E-state index is 0.409. The van der Waals surface area contributed by atoms with Crippen molar-refractivity contribution < 1.29 is 8.42 Å². The second-order valence-electron chi connectivity index (χ2n) is 3.15. The lowest BCUT2D eigenvalue weighted by molar-refractivity contribution is 0.472.